The molecule has 2 amide bonds. The fourth-order valence-corrected chi connectivity index (χ4v) is 3.24. The second-order valence-corrected chi connectivity index (χ2v) is 6.97. The zero-order valence-electron chi connectivity index (χ0n) is 17.2. The Morgan fingerprint density at radius 1 is 1.13 bits per heavy atom. The molecule has 1 aliphatic rings. The summed E-state index contributed by atoms with van der Waals surface area (Å²) >= 11 is 0. The fraction of sp³-hybridized carbons (Fsp3) is 0.318. The monoisotopic (exact) mass is 413 g/mol. The number of hydrazone groups is 1. The van der Waals surface area contributed by atoms with Gasteiger partial charge in [-0.2, -0.15) is 5.10 Å². The van der Waals surface area contributed by atoms with E-state index >= 15 is 0 Å². The first-order valence-corrected chi connectivity index (χ1v) is 9.45. The number of likely N-dealkylation sites (N-methyl/N-ethyl adjacent to an activating group) is 1. The Labute approximate surface area is 174 Å². The molecule has 0 bridgehead atoms. The van der Waals surface area contributed by atoms with Crippen LogP contribution in [-0.4, -0.2) is 61.9 Å². The molecule has 7 nitrogen and oxygen atoms in total. The van der Waals surface area contributed by atoms with Crippen LogP contribution in [0.3, 0.4) is 0 Å². The van der Waals surface area contributed by atoms with E-state index in [0.29, 0.717) is 17.9 Å². The SMILES string of the molecule is COCC(=O)N(C)CC(=O)N1N=C(c2ccc(F)cc2)C[C@@H]1c1ccc(OC)cc1. The number of rotatable bonds is 7. The zero-order valence-corrected chi connectivity index (χ0v) is 17.2. The van der Waals surface area contributed by atoms with Gasteiger partial charge in [0.2, 0.25) is 5.91 Å². The van der Waals surface area contributed by atoms with E-state index in [4.69, 9.17) is 9.47 Å². The fourth-order valence-electron chi connectivity index (χ4n) is 3.24. The summed E-state index contributed by atoms with van der Waals surface area (Å²) in [6.07, 6.45) is 0.472. The van der Waals surface area contributed by atoms with Crippen molar-refractivity contribution in [2.24, 2.45) is 5.10 Å². The van der Waals surface area contributed by atoms with Gasteiger partial charge in [-0.25, -0.2) is 9.40 Å². The van der Waals surface area contributed by atoms with Crippen LogP contribution in [0.1, 0.15) is 23.6 Å². The Morgan fingerprint density at radius 3 is 2.40 bits per heavy atom. The van der Waals surface area contributed by atoms with Crippen molar-refractivity contribution in [3.05, 3.63) is 65.5 Å². The maximum absolute atomic E-state index is 13.3. The van der Waals surface area contributed by atoms with Crippen LogP contribution < -0.4 is 4.74 Å². The average Bonchev–Trinajstić information content (AvgIpc) is 3.20. The highest BCUT2D eigenvalue weighted by Gasteiger charge is 2.33. The lowest BCUT2D eigenvalue weighted by atomic mass is 9.98. The first-order valence-electron chi connectivity index (χ1n) is 9.45. The minimum absolute atomic E-state index is 0.101. The van der Waals surface area contributed by atoms with Crippen molar-refractivity contribution in [3.63, 3.8) is 0 Å². The molecule has 30 heavy (non-hydrogen) atoms. The second-order valence-electron chi connectivity index (χ2n) is 6.97. The molecule has 0 spiro atoms. The number of ether oxygens (including phenoxy) is 2. The van der Waals surface area contributed by atoms with Crippen molar-refractivity contribution < 1.29 is 23.5 Å². The summed E-state index contributed by atoms with van der Waals surface area (Å²) in [5.74, 6) is -0.247. The smallest absolute Gasteiger partial charge is 0.262 e. The third-order valence-electron chi connectivity index (χ3n) is 4.91. The highest BCUT2D eigenvalue weighted by Crippen LogP contribution is 2.33. The van der Waals surface area contributed by atoms with Crippen LogP contribution in [0.2, 0.25) is 0 Å². The third-order valence-corrected chi connectivity index (χ3v) is 4.91. The molecule has 1 heterocycles. The second kappa shape index (κ2) is 9.49. The molecule has 0 radical (unpaired) electrons. The number of carbonyl (C=O) groups is 2. The van der Waals surface area contributed by atoms with Crippen molar-refractivity contribution in [3.8, 4) is 5.75 Å². The van der Waals surface area contributed by atoms with Crippen molar-refractivity contribution in [1.29, 1.82) is 0 Å². The van der Waals surface area contributed by atoms with Crippen molar-refractivity contribution >= 4 is 17.5 Å². The number of halogens is 1. The normalized spacial score (nSPS) is 15.7. The Hall–Kier alpha value is -3.26. The van der Waals surface area contributed by atoms with Crippen molar-refractivity contribution in [2.75, 3.05) is 34.4 Å². The molecule has 0 saturated carbocycles. The molecule has 0 aliphatic carbocycles. The van der Waals surface area contributed by atoms with Crippen molar-refractivity contribution in [2.45, 2.75) is 12.5 Å². The highest BCUT2D eigenvalue weighted by molar-refractivity contribution is 6.03. The van der Waals surface area contributed by atoms with Crippen molar-refractivity contribution in [1.82, 2.24) is 9.91 Å². The summed E-state index contributed by atoms with van der Waals surface area (Å²) in [6, 6.07) is 13.1. The van der Waals surface area contributed by atoms with Gasteiger partial charge in [-0.1, -0.05) is 24.3 Å². The number of amides is 2. The maximum atomic E-state index is 13.3. The van der Waals surface area contributed by atoms with E-state index < -0.39 is 0 Å². The van der Waals surface area contributed by atoms with Gasteiger partial charge in [0.1, 0.15) is 24.7 Å². The molecular formula is C22H24FN3O4. The molecule has 8 heteroatoms. The number of hydrogen-bond donors (Lipinski definition) is 0. The van der Waals surface area contributed by atoms with Crippen LogP contribution in [0.5, 0.6) is 5.75 Å². The van der Waals surface area contributed by atoms with Gasteiger partial charge >= 0.3 is 0 Å². The van der Waals surface area contributed by atoms with E-state index in [1.54, 1.807) is 26.3 Å². The van der Waals surface area contributed by atoms with Crippen LogP contribution in [-0.2, 0) is 14.3 Å². The minimum atomic E-state index is -0.339. The van der Waals surface area contributed by atoms with Crippen LogP contribution in [0.15, 0.2) is 53.6 Å². The van der Waals surface area contributed by atoms with E-state index in [0.717, 1.165) is 11.1 Å². The quantitative estimate of drug-likeness (QED) is 0.700. The molecule has 1 atom stereocenters. The van der Waals surface area contributed by atoms with E-state index in [1.807, 2.05) is 24.3 Å². The zero-order chi connectivity index (χ0) is 21.7. The summed E-state index contributed by atoms with van der Waals surface area (Å²) in [7, 11) is 4.55. The molecule has 1 aliphatic heterocycles. The standard InChI is InChI=1S/C22H24FN3O4/c1-25(22(28)14-29-2)13-21(27)26-20(16-6-10-18(30-3)11-7-16)12-19(24-26)15-4-8-17(23)9-5-15/h4-11,20H,12-14H2,1-3H3/t20-/m1/s1. The highest BCUT2D eigenvalue weighted by atomic mass is 19.1. The summed E-state index contributed by atoms with van der Waals surface area (Å²) < 4.78 is 23.4. The first-order chi connectivity index (χ1) is 14.4. The van der Waals surface area contributed by atoms with E-state index in [-0.39, 0.29) is 36.8 Å². The third kappa shape index (κ3) is 4.83. The molecule has 0 saturated heterocycles. The topological polar surface area (TPSA) is 71.4 Å². The average molecular weight is 413 g/mol. The van der Waals surface area contributed by atoms with E-state index in [1.165, 1.54) is 29.2 Å². The Bertz CT molecular complexity index is 928. The van der Waals surface area contributed by atoms with Crippen LogP contribution >= 0.6 is 0 Å². The summed E-state index contributed by atoms with van der Waals surface area (Å²) in [5, 5.41) is 5.92. The molecule has 3 rings (SSSR count). The lowest BCUT2D eigenvalue weighted by Gasteiger charge is -2.25. The molecular weight excluding hydrogens is 389 g/mol. The minimum Gasteiger partial charge on any atom is -0.497 e. The molecule has 0 fully saturated rings. The lowest BCUT2D eigenvalue weighted by molar-refractivity contribution is -0.142. The van der Waals surface area contributed by atoms with Crippen LogP contribution in [0, 0.1) is 5.82 Å². The Morgan fingerprint density at radius 2 is 1.80 bits per heavy atom. The molecule has 2 aromatic carbocycles. The van der Waals surface area contributed by atoms with Gasteiger partial charge in [0.15, 0.2) is 0 Å². The lowest BCUT2D eigenvalue weighted by Crippen LogP contribution is -2.40. The van der Waals surface area contributed by atoms with Gasteiger partial charge in [-0.05, 0) is 35.4 Å². The van der Waals surface area contributed by atoms with Gasteiger partial charge in [-0.15, -0.1) is 0 Å². The predicted molar refractivity (Wildman–Crippen MR) is 110 cm³/mol. The number of methoxy groups -OCH3 is 2. The van der Waals surface area contributed by atoms with Gasteiger partial charge in [0.05, 0.1) is 18.9 Å². The number of benzene rings is 2. The molecule has 0 unspecified atom stereocenters. The van der Waals surface area contributed by atoms with Gasteiger partial charge < -0.3 is 14.4 Å². The number of hydrogen-bond acceptors (Lipinski definition) is 5. The predicted octanol–water partition coefficient (Wildman–Crippen LogP) is 2.62. The number of nitrogens with zero attached hydrogens (tertiary/aromatic N) is 3. The summed E-state index contributed by atoms with van der Waals surface area (Å²) in [5.41, 5.74) is 2.31. The van der Waals surface area contributed by atoms with Crippen LogP contribution in [0.25, 0.3) is 0 Å². The Balaban J connectivity index is 1.87. The maximum Gasteiger partial charge on any atom is 0.262 e. The van der Waals surface area contributed by atoms with Gasteiger partial charge in [0.25, 0.3) is 5.91 Å². The van der Waals surface area contributed by atoms with Gasteiger partial charge in [-0.3, -0.25) is 9.59 Å². The van der Waals surface area contributed by atoms with Gasteiger partial charge in [0, 0.05) is 20.6 Å². The summed E-state index contributed by atoms with van der Waals surface area (Å²) in [6.45, 7) is -0.231. The van der Waals surface area contributed by atoms with E-state index in [9.17, 15) is 14.0 Å². The molecule has 0 aromatic heterocycles. The largest absolute Gasteiger partial charge is 0.497 e. The Kier molecular flexibility index (Phi) is 6.79. The summed E-state index contributed by atoms with van der Waals surface area (Å²) in [4.78, 5) is 26.3. The first kappa shape index (κ1) is 21.4. The molecule has 2 aromatic rings. The number of carbonyl (C=O) groups excluding carboxylic acids is 2. The molecule has 158 valence electrons. The van der Waals surface area contributed by atoms with Crippen LogP contribution in [0.4, 0.5) is 4.39 Å². The molecule has 0 N–H and O–H groups in total. The van der Waals surface area contributed by atoms with E-state index in [2.05, 4.69) is 5.10 Å².